The van der Waals surface area contributed by atoms with Crippen molar-refractivity contribution in [3.05, 3.63) is 29.3 Å². The number of nitrogens with zero attached hydrogens (tertiary/aromatic N) is 1. The molecule has 5 nitrogen and oxygen atoms in total. The van der Waals surface area contributed by atoms with Crippen molar-refractivity contribution in [2.45, 2.75) is 45.7 Å². The lowest BCUT2D eigenvalue weighted by molar-refractivity contribution is -0.123. The van der Waals surface area contributed by atoms with E-state index in [1.54, 1.807) is 18.2 Å². The van der Waals surface area contributed by atoms with Gasteiger partial charge in [0.15, 0.2) is 0 Å². The van der Waals surface area contributed by atoms with Crippen LogP contribution < -0.4 is 10.2 Å². The molecule has 1 unspecified atom stereocenters. The van der Waals surface area contributed by atoms with E-state index < -0.39 is 5.97 Å². The van der Waals surface area contributed by atoms with Crippen LogP contribution in [-0.2, 0) is 11.2 Å². The second-order valence-corrected chi connectivity index (χ2v) is 6.51. The Morgan fingerprint density at radius 3 is 2.57 bits per heavy atom. The van der Waals surface area contributed by atoms with E-state index in [0.717, 1.165) is 24.2 Å². The first-order chi connectivity index (χ1) is 9.69. The molecule has 0 saturated heterocycles. The van der Waals surface area contributed by atoms with Crippen molar-refractivity contribution >= 4 is 17.6 Å². The minimum absolute atomic E-state index is 0.0161. The van der Waals surface area contributed by atoms with Gasteiger partial charge in [0.2, 0.25) is 5.91 Å². The number of carbonyl (C=O) groups is 2. The molecular formula is C16H22N2O3. The fraction of sp³-hybridized carbons (Fsp3) is 0.500. The number of anilines is 1. The van der Waals surface area contributed by atoms with Crippen molar-refractivity contribution in [2.24, 2.45) is 0 Å². The molecule has 1 aliphatic rings. The summed E-state index contributed by atoms with van der Waals surface area (Å²) in [7, 11) is 0. The third-order valence-electron chi connectivity index (χ3n) is 3.60. The Morgan fingerprint density at radius 1 is 1.33 bits per heavy atom. The van der Waals surface area contributed by atoms with E-state index in [2.05, 4.69) is 5.32 Å². The number of aromatic carboxylic acids is 1. The van der Waals surface area contributed by atoms with Gasteiger partial charge in [-0.3, -0.25) is 4.79 Å². The van der Waals surface area contributed by atoms with Gasteiger partial charge in [0.25, 0.3) is 0 Å². The van der Waals surface area contributed by atoms with Crippen molar-refractivity contribution in [3.63, 3.8) is 0 Å². The zero-order valence-electron chi connectivity index (χ0n) is 12.9. The zero-order chi connectivity index (χ0) is 15.8. The van der Waals surface area contributed by atoms with Crippen molar-refractivity contribution in [1.29, 1.82) is 0 Å². The molecule has 0 saturated carbocycles. The van der Waals surface area contributed by atoms with E-state index >= 15 is 0 Å². The van der Waals surface area contributed by atoms with Crippen LogP contribution >= 0.6 is 0 Å². The van der Waals surface area contributed by atoms with Crippen LogP contribution in [0.15, 0.2) is 18.2 Å². The van der Waals surface area contributed by atoms with Crippen LogP contribution in [-0.4, -0.2) is 35.1 Å². The minimum atomic E-state index is -0.922. The molecule has 1 heterocycles. The Hall–Kier alpha value is -2.04. The molecule has 0 radical (unpaired) electrons. The normalized spacial score (nSPS) is 15.5. The molecule has 0 bridgehead atoms. The zero-order valence-corrected chi connectivity index (χ0v) is 12.9. The lowest BCUT2D eigenvalue weighted by Crippen LogP contribution is -2.50. The van der Waals surface area contributed by atoms with Crippen LogP contribution in [0.1, 0.15) is 43.6 Å². The van der Waals surface area contributed by atoms with Crippen molar-refractivity contribution in [2.75, 3.05) is 11.4 Å². The standard InChI is InChI=1S/C16H22N2O3/c1-10(14(19)17-16(2,3)4)18-8-7-11-9-12(15(20)21)5-6-13(11)18/h5-6,9-10H,7-8H2,1-4H3,(H,17,19)(H,20,21). The first kappa shape index (κ1) is 15.4. The molecule has 1 aromatic rings. The highest BCUT2D eigenvalue weighted by Gasteiger charge is 2.29. The number of nitrogens with one attached hydrogen (secondary N) is 1. The molecule has 21 heavy (non-hydrogen) atoms. The first-order valence-corrected chi connectivity index (χ1v) is 7.14. The summed E-state index contributed by atoms with van der Waals surface area (Å²) in [4.78, 5) is 25.3. The van der Waals surface area contributed by atoms with Gasteiger partial charge >= 0.3 is 5.97 Å². The largest absolute Gasteiger partial charge is 0.478 e. The summed E-state index contributed by atoms with van der Waals surface area (Å²) in [5.74, 6) is -0.938. The number of carboxylic acid groups (broad SMARTS) is 1. The van der Waals surface area contributed by atoms with Crippen LogP contribution in [0.3, 0.4) is 0 Å². The van der Waals surface area contributed by atoms with E-state index in [1.807, 2.05) is 32.6 Å². The van der Waals surface area contributed by atoms with Crippen molar-refractivity contribution in [3.8, 4) is 0 Å². The molecule has 2 rings (SSSR count). The summed E-state index contributed by atoms with van der Waals surface area (Å²) in [5, 5.41) is 12.0. The van der Waals surface area contributed by atoms with E-state index in [1.165, 1.54) is 0 Å². The summed E-state index contributed by atoms with van der Waals surface area (Å²) in [5.41, 5.74) is 1.98. The number of hydrogen-bond acceptors (Lipinski definition) is 3. The predicted molar refractivity (Wildman–Crippen MR) is 81.8 cm³/mol. The average Bonchev–Trinajstić information content (AvgIpc) is 2.78. The maximum atomic E-state index is 12.3. The summed E-state index contributed by atoms with van der Waals surface area (Å²) >= 11 is 0. The molecule has 1 aromatic carbocycles. The molecule has 1 aliphatic heterocycles. The van der Waals surface area contributed by atoms with Crippen LogP contribution in [0.4, 0.5) is 5.69 Å². The maximum Gasteiger partial charge on any atom is 0.335 e. The molecule has 0 fully saturated rings. The highest BCUT2D eigenvalue weighted by Crippen LogP contribution is 2.30. The first-order valence-electron chi connectivity index (χ1n) is 7.14. The SMILES string of the molecule is CC(C(=O)NC(C)(C)C)N1CCc2cc(C(=O)O)ccc21. The highest BCUT2D eigenvalue weighted by molar-refractivity contribution is 5.90. The van der Waals surface area contributed by atoms with Crippen LogP contribution in [0.2, 0.25) is 0 Å². The fourth-order valence-electron chi connectivity index (χ4n) is 2.58. The maximum absolute atomic E-state index is 12.3. The summed E-state index contributed by atoms with van der Waals surface area (Å²) in [6.07, 6.45) is 0.767. The number of fused-ring (bicyclic) bond motifs is 1. The Morgan fingerprint density at radius 2 is 2.00 bits per heavy atom. The van der Waals surface area contributed by atoms with Crippen molar-refractivity contribution in [1.82, 2.24) is 5.32 Å². The van der Waals surface area contributed by atoms with E-state index in [0.29, 0.717) is 5.56 Å². The molecule has 114 valence electrons. The molecule has 1 amide bonds. The number of amides is 1. The number of carbonyl (C=O) groups excluding carboxylic acids is 1. The summed E-state index contributed by atoms with van der Waals surface area (Å²) in [6.45, 7) is 8.47. The van der Waals surface area contributed by atoms with Gasteiger partial charge < -0.3 is 15.3 Å². The Balaban J connectivity index is 2.19. The number of rotatable bonds is 3. The van der Waals surface area contributed by atoms with E-state index in [9.17, 15) is 9.59 Å². The summed E-state index contributed by atoms with van der Waals surface area (Å²) in [6, 6.07) is 4.81. The summed E-state index contributed by atoms with van der Waals surface area (Å²) < 4.78 is 0. The third-order valence-corrected chi connectivity index (χ3v) is 3.60. The molecule has 0 aliphatic carbocycles. The van der Waals surface area contributed by atoms with Crippen LogP contribution in [0.5, 0.6) is 0 Å². The van der Waals surface area contributed by atoms with Gasteiger partial charge in [-0.05, 0) is 57.9 Å². The van der Waals surface area contributed by atoms with Crippen molar-refractivity contribution < 1.29 is 14.7 Å². The smallest absolute Gasteiger partial charge is 0.335 e. The average molecular weight is 290 g/mol. The molecule has 0 spiro atoms. The highest BCUT2D eigenvalue weighted by atomic mass is 16.4. The lowest BCUT2D eigenvalue weighted by atomic mass is 10.1. The third kappa shape index (κ3) is 3.35. The number of benzene rings is 1. The van der Waals surface area contributed by atoms with Gasteiger partial charge in [-0.1, -0.05) is 0 Å². The van der Waals surface area contributed by atoms with Crippen LogP contribution in [0, 0.1) is 0 Å². The predicted octanol–water partition coefficient (Wildman–Crippen LogP) is 2.05. The lowest BCUT2D eigenvalue weighted by Gasteiger charge is -2.30. The van der Waals surface area contributed by atoms with Crippen LogP contribution in [0.25, 0.3) is 0 Å². The molecule has 1 atom stereocenters. The molecule has 5 heteroatoms. The Labute approximate surface area is 125 Å². The van der Waals surface area contributed by atoms with Gasteiger partial charge in [-0.15, -0.1) is 0 Å². The number of hydrogen-bond donors (Lipinski definition) is 2. The monoisotopic (exact) mass is 290 g/mol. The topological polar surface area (TPSA) is 69.6 Å². The molecular weight excluding hydrogens is 268 g/mol. The van der Waals surface area contributed by atoms with E-state index in [-0.39, 0.29) is 17.5 Å². The van der Waals surface area contributed by atoms with Gasteiger partial charge in [-0.2, -0.15) is 0 Å². The fourth-order valence-corrected chi connectivity index (χ4v) is 2.58. The Kier molecular flexibility index (Phi) is 3.94. The van der Waals surface area contributed by atoms with Gasteiger partial charge in [0.05, 0.1) is 5.56 Å². The second kappa shape index (κ2) is 5.39. The van der Waals surface area contributed by atoms with Gasteiger partial charge in [0.1, 0.15) is 6.04 Å². The van der Waals surface area contributed by atoms with E-state index in [4.69, 9.17) is 5.11 Å². The second-order valence-electron chi connectivity index (χ2n) is 6.51. The van der Waals surface area contributed by atoms with Gasteiger partial charge in [0, 0.05) is 17.8 Å². The van der Waals surface area contributed by atoms with Gasteiger partial charge in [-0.25, -0.2) is 4.79 Å². The minimum Gasteiger partial charge on any atom is -0.478 e. The quantitative estimate of drug-likeness (QED) is 0.894. The molecule has 2 N–H and O–H groups in total. The molecule has 0 aromatic heterocycles. The number of carboxylic acids is 1. The Bertz CT molecular complexity index is 575.